The molecular weight excluding hydrogens is 304 g/mol. The van der Waals surface area contributed by atoms with Crippen LogP contribution in [0.1, 0.15) is 47.9 Å². The number of fused-ring (bicyclic) bond motifs is 1. The van der Waals surface area contributed by atoms with Gasteiger partial charge in [0.1, 0.15) is 5.69 Å². The van der Waals surface area contributed by atoms with Crippen molar-refractivity contribution in [3.05, 3.63) is 42.2 Å². The van der Waals surface area contributed by atoms with E-state index in [1.807, 2.05) is 6.20 Å². The molecule has 1 unspecified atom stereocenters. The lowest BCUT2D eigenvalue weighted by Gasteiger charge is -2.42. The highest BCUT2D eigenvalue weighted by atomic mass is 16.1. The molecule has 0 saturated heterocycles. The van der Waals surface area contributed by atoms with Crippen LogP contribution < -0.4 is 5.32 Å². The highest BCUT2D eigenvalue weighted by molar-refractivity contribution is 5.91. The van der Waals surface area contributed by atoms with Crippen LogP contribution >= 0.6 is 0 Å². The minimum atomic E-state index is -0.171. The molecule has 0 bridgehead atoms. The number of nitrogens with zero attached hydrogens (tertiary/aromatic N) is 5. The number of amides is 1. The molecule has 1 amide bonds. The Bertz CT molecular complexity index is 696. The molecule has 2 aliphatic rings. The van der Waals surface area contributed by atoms with E-state index in [2.05, 4.69) is 36.0 Å². The molecule has 1 atom stereocenters. The Balaban J connectivity index is 1.36. The van der Waals surface area contributed by atoms with Gasteiger partial charge in [0, 0.05) is 44.3 Å². The lowest BCUT2D eigenvalue weighted by Crippen LogP contribution is -2.47. The predicted octanol–water partition coefficient (Wildman–Crippen LogP) is 1.40. The molecule has 4 rings (SSSR count). The average molecular weight is 326 g/mol. The number of carbonyl (C=O) groups is 1. The Hall–Kier alpha value is -2.28. The second kappa shape index (κ2) is 6.68. The number of aromatic nitrogens is 4. The van der Waals surface area contributed by atoms with Gasteiger partial charge in [-0.2, -0.15) is 5.10 Å². The van der Waals surface area contributed by atoms with Gasteiger partial charge in [-0.05, 0) is 25.3 Å². The van der Waals surface area contributed by atoms with E-state index >= 15 is 0 Å². The molecule has 1 N–H and O–H groups in total. The van der Waals surface area contributed by atoms with Crippen molar-refractivity contribution in [2.45, 2.75) is 44.3 Å². The van der Waals surface area contributed by atoms with Crippen LogP contribution in [0.2, 0.25) is 0 Å². The van der Waals surface area contributed by atoms with Gasteiger partial charge >= 0.3 is 0 Å². The molecule has 2 aromatic heterocycles. The molecule has 24 heavy (non-hydrogen) atoms. The normalized spacial score (nSPS) is 21.1. The van der Waals surface area contributed by atoms with Gasteiger partial charge in [-0.25, -0.2) is 4.98 Å². The standard InChI is InChI=1S/C17H22N6O/c24-17(16-10-18-8-9-19-16)20-6-4-14-11-22(13-2-1-3-13)12-15-5-7-21-23(14)15/h5,7-10,13-14H,1-4,6,11-12H2,(H,20,24). The van der Waals surface area contributed by atoms with Crippen molar-refractivity contribution in [2.75, 3.05) is 13.1 Å². The minimum absolute atomic E-state index is 0.171. The summed E-state index contributed by atoms with van der Waals surface area (Å²) in [4.78, 5) is 22.6. The highest BCUT2D eigenvalue weighted by Gasteiger charge is 2.32. The van der Waals surface area contributed by atoms with Crippen molar-refractivity contribution in [3.8, 4) is 0 Å². The molecule has 1 aliphatic carbocycles. The van der Waals surface area contributed by atoms with Crippen molar-refractivity contribution < 1.29 is 4.79 Å². The molecule has 7 nitrogen and oxygen atoms in total. The summed E-state index contributed by atoms with van der Waals surface area (Å²) in [6.45, 7) is 2.62. The van der Waals surface area contributed by atoms with E-state index in [1.54, 1.807) is 6.20 Å². The maximum absolute atomic E-state index is 12.1. The molecule has 1 aliphatic heterocycles. The zero-order chi connectivity index (χ0) is 16.4. The van der Waals surface area contributed by atoms with Crippen molar-refractivity contribution >= 4 is 5.91 Å². The lowest BCUT2D eigenvalue weighted by molar-refractivity contribution is 0.0723. The molecular formula is C17H22N6O. The summed E-state index contributed by atoms with van der Waals surface area (Å²) >= 11 is 0. The summed E-state index contributed by atoms with van der Waals surface area (Å²) in [5.74, 6) is -0.171. The number of hydrogen-bond acceptors (Lipinski definition) is 5. The maximum Gasteiger partial charge on any atom is 0.271 e. The molecule has 0 radical (unpaired) electrons. The molecule has 0 aromatic carbocycles. The first-order valence-corrected chi connectivity index (χ1v) is 8.62. The predicted molar refractivity (Wildman–Crippen MR) is 88.3 cm³/mol. The van der Waals surface area contributed by atoms with Gasteiger partial charge in [0.2, 0.25) is 0 Å². The second-order valence-electron chi connectivity index (χ2n) is 6.57. The van der Waals surface area contributed by atoms with Crippen molar-refractivity contribution in [1.82, 2.24) is 30.0 Å². The lowest BCUT2D eigenvalue weighted by atomic mass is 9.90. The van der Waals surface area contributed by atoms with E-state index in [0.29, 0.717) is 18.3 Å². The Kier molecular flexibility index (Phi) is 4.25. The van der Waals surface area contributed by atoms with Gasteiger partial charge in [-0.3, -0.25) is 19.4 Å². The Morgan fingerprint density at radius 2 is 2.21 bits per heavy atom. The van der Waals surface area contributed by atoms with Crippen LogP contribution in [-0.2, 0) is 6.54 Å². The van der Waals surface area contributed by atoms with Crippen LogP contribution in [0.5, 0.6) is 0 Å². The second-order valence-corrected chi connectivity index (χ2v) is 6.57. The van der Waals surface area contributed by atoms with Gasteiger partial charge in [0.15, 0.2) is 0 Å². The Labute approximate surface area is 141 Å². The third-order valence-corrected chi connectivity index (χ3v) is 5.06. The highest BCUT2D eigenvalue weighted by Crippen LogP contribution is 2.31. The quantitative estimate of drug-likeness (QED) is 0.899. The van der Waals surface area contributed by atoms with Crippen LogP contribution in [0.15, 0.2) is 30.9 Å². The molecule has 2 aromatic rings. The smallest absolute Gasteiger partial charge is 0.271 e. The third kappa shape index (κ3) is 3.03. The topological polar surface area (TPSA) is 75.9 Å². The number of nitrogens with one attached hydrogen (secondary N) is 1. The van der Waals surface area contributed by atoms with Crippen LogP contribution in [-0.4, -0.2) is 49.7 Å². The van der Waals surface area contributed by atoms with E-state index in [-0.39, 0.29) is 5.91 Å². The summed E-state index contributed by atoms with van der Waals surface area (Å²) in [7, 11) is 0. The zero-order valence-corrected chi connectivity index (χ0v) is 13.6. The monoisotopic (exact) mass is 326 g/mol. The summed E-state index contributed by atoms with van der Waals surface area (Å²) in [6, 6.07) is 3.15. The van der Waals surface area contributed by atoms with Gasteiger partial charge in [-0.1, -0.05) is 6.42 Å². The fourth-order valence-corrected chi connectivity index (χ4v) is 3.52. The van der Waals surface area contributed by atoms with E-state index in [1.165, 1.54) is 37.4 Å². The van der Waals surface area contributed by atoms with Gasteiger partial charge in [0.05, 0.1) is 17.9 Å². The zero-order valence-electron chi connectivity index (χ0n) is 13.6. The number of hydrogen-bond donors (Lipinski definition) is 1. The molecule has 0 spiro atoms. The fraction of sp³-hybridized carbons (Fsp3) is 0.529. The van der Waals surface area contributed by atoms with Crippen LogP contribution in [0.4, 0.5) is 0 Å². The van der Waals surface area contributed by atoms with Crippen LogP contribution in [0, 0.1) is 0 Å². The van der Waals surface area contributed by atoms with Crippen molar-refractivity contribution in [1.29, 1.82) is 0 Å². The van der Waals surface area contributed by atoms with E-state index in [4.69, 9.17) is 0 Å². The SMILES string of the molecule is O=C(NCCC1CN(C2CCC2)Cc2ccnn21)c1cnccn1. The first-order valence-electron chi connectivity index (χ1n) is 8.62. The summed E-state index contributed by atoms with van der Waals surface area (Å²) in [5, 5.41) is 7.43. The minimum Gasteiger partial charge on any atom is -0.351 e. The summed E-state index contributed by atoms with van der Waals surface area (Å²) in [5.41, 5.74) is 1.63. The first-order chi connectivity index (χ1) is 11.8. The molecule has 126 valence electrons. The number of rotatable bonds is 5. The van der Waals surface area contributed by atoms with E-state index < -0.39 is 0 Å². The van der Waals surface area contributed by atoms with Crippen molar-refractivity contribution in [2.24, 2.45) is 0 Å². The van der Waals surface area contributed by atoms with E-state index in [0.717, 1.165) is 25.6 Å². The molecule has 7 heteroatoms. The average Bonchev–Trinajstić information content (AvgIpc) is 3.02. The van der Waals surface area contributed by atoms with Crippen molar-refractivity contribution in [3.63, 3.8) is 0 Å². The van der Waals surface area contributed by atoms with Crippen LogP contribution in [0.25, 0.3) is 0 Å². The largest absolute Gasteiger partial charge is 0.351 e. The fourth-order valence-electron chi connectivity index (χ4n) is 3.52. The van der Waals surface area contributed by atoms with Gasteiger partial charge < -0.3 is 5.32 Å². The van der Waals surface area contributed by atoms with Crippen LogP contribution in [0.3, 0.4) is 0 Å². The Morgan fingerprint density at radius 1 is 1.29 bits per heavy atom. The number of carbonyl (C=O) groups excluding carboxylic acids is 1. The molecule has 1 saturated carbocycles. The molecule has 3 heterocycles. The summed E-state index contributed by atoms with van der Waals surface area (Å²) in [6.07, 6.45) is 11.3. The first kappa shape index (κ1) is 15.3. The summed E-state index contributed by atoms with van der Waals surface area (Å²) < 4.78 is 2.13. The third-order valence-electron chi connectivity index (χ3n) is 5.06. The van der Waals surface area contributed by atoms with E-state index in [9.17, 15) is 4.79 Å². The van der Waals surface area contributed by atoms with Gasteiger partial charge in [-0.15, -0.1) is 0 Å². The Morgan fingerprint density at radius 3 is 2.96 bits per heavy atom. The maximum atomic E-state index is 12.1. The van der Waals surface area contributed by atoms with Gasteiger partial charge in [0.25, 0.3) is 5.91 Å². The molecule has 1 fully saturated rings.